The molecule has 0 saturated carbocycles. The molecule has 7 heteroatoms. The first kappa shape index (κ1) is 20.3. The number of fused-ring (bicyclic) bond motifs is 1. The van der Waals surface area contributed by atoms with E-state index in [0.29, 0.717) is 12.2 Å². The number of nitrogens with zero attached hydrogens (tertiary/aromatic N) is 1. The van der Waals surface area contributed by atoms with Gasteiger partial charge in [-0.05, 0) is 43.7 Å². The number of hydrogen-bond donors (Lipinski definition) is 3. The summed E-state index contributed by atoms with van der Waals surface area (Å²) in [6, 6.07) is 8.21. The van der Waals surface area contributed by atoms with Gasteiger partial charge in [0, 0.05) is 23.5 Å². The smallest absolute Gasteiger partial charge is 0.319 e. The second-order valence-corrected chi connectivity index (χ2v) is 8.58. The van der Waals surface area contributed by atoms with Crippen LogP contribution < -0.4 is 16.0 Å². The molecule has 0 radical (unpaired) electrons. The molecule has 28 heavy (non-hydrogen) atoms. The van der Waals surface area contributed by atoms with E-state index < -0.39 is 6.04 Å². The van der Waals surface area contributed by atoms with Crippen molar-refractivity contribution in [3.8, 4) is 0 Å². The number of para-hydroxylation sites is 1. The second kappa shape index (κ2) is 9.68. The molecular weight excluding hydrogens is 372 g/mol. The minimum Gasteiger partial charge on any atom is -0.354 e. The van der Waals surface area contributed by atoms with Crippen molar-refractivity contribution in [2.45, 2.75) is 52.0 Å². The minimum absolute atomic E-state index is 0.0197. The van der Waals surface area contributed by atoms with Crippen molar-refractivity contribution in [1.29, 1.82) is 0 Å². The summed E-state index contributed by atoms with van der Waals surface area (Å²) < 4.78 is 0. The summed E-state index contributed by atoms with van der Waals surface area (Å²) in [5.41, 5.74) is 1.94. The highest BCUT2D eigenvalue weighted by atomic mass is 32.1. The van der Waals surface area contributed by atoms with Crippen molar-refractivity contribution in [2.75, 3.05) is 11.9 Å². The van der Waals surface area contributed by atoms with Crippen LogP contribution in [0, 0.1) is 5.92 Å². The Hall–Kier alpha value is -2.41. The average molecular weight is 401 g/mol. The summed E-state index contributed by atoms with van der Waals surface area (Å²) >= 11 is 1.77. The van der Waals surface area contributed by atoms with E-state index in [1.54, 1.807) is 23.5 Å². The zero-order valence-electron chi connectivity index (χ0n) is 16.5. The van der Waals surface area contributed by atoms with Gasteiger partial charge in [-0.3, -0.25) is 4.79 Å². The SMILES string of the molecule is CC(C)C(NC(=O)Nc1ccccc1)C(=O)NCCc1nc2c(s1)CCCC2. The lowest BCUT2D eigenvalue weighted by atomic mass is 10.0. The van der Waals surface area contributed by atoms with Crippen LogP contribution in [0.25, 0.3) is 0 Å². The first-order valence-electron chi connectivity index (χ1n) is 9.90. The Morgan fingerprint density at radius 2 is 1.89 bits per heavy atom. The van der Waals surface area contributed by atoms with Crippen LogP contribution in [0.1, 0.15) is 42.3 Å². The quantitative estimate of drug-likeness (QED) is 0.665. The summed E-state index contributed by atoms with van der Waals surface area (Å²) in [4.78, 5) is 30.9. The molecule has 0 saturated heterocycles. The molecule has 3 amide bonds. The normalized spacial score (nSPS) is 14.2. The molecule has 1 aliphatic carbocycles. The first-order chi connectivity index (χ1) is 13.5. The Morgan fingerprint density at radius 1 is 1.14 bits per heavy atom. The zero-order chi connectivity index (χ0) is 19.9. The number of thiazole rings is 1. The fourth-order valence-corrected chi connectivity index (χ4v) is 4.44. The molecular formula is C21H28N4O2S. The number of urea groups is 1. The fraction of sp³-hybridized carbons (Fsp3) is 0.476. The largest absolute Gasteiger partial charge is 0.354 e. The summed E-state index contributed by atoms with van der Waals surface area (Å²) in [7, 11) is 0. The average Bonchev–Trinajstić information content (AvgIpc) is 3.09. The third-order valence-corrected chi connectivity index (χ3v) is 6.01. The van der Waals surface area contributed by atoms with Crippen LogP contribution in [-0.2, 0) is 24.1 Å². The zero-order valence-corrected chi connectivity index (χ0v) is 17.3. The van der Waals surface area contributed by atoms with Crippen LogP contribution in [0.3, 0.4) is 0 Å². The molecule has 0 spiro atoms. The van der Waals surface area contributed by atoms with Crippen LogP contribution in [0.5, 0.6) is 0 Å². The molecule has 0 aliphatic heterocycles. The van der Waals surface area contributed by atoms with Crippen molar-refractivity contribution in [3.05, 3.63) is 45.9 Å². The molecule has 1 unspecified atom stereocenters. The summed E-state index contributed by atoms with van der Waals surface area (Å²) in [5.74, 6) is -0.187. The standard InChI is InChI=1S/C21H28N4O2S/c1-14(2)19(25-21(27)23-15-8-4-3-5-9-15)20(26)22-13-12-18-24-16-10-6-7-11-17(16)28-18/h3-5,8-9,14,19H,6-7,10-13H2,1-2H3,(H,22,26)(H2,23,25,27). The van der Waals surface area contributed by atoms with Gasteiger partial charge in [-0.1, -0.05) is 32.0 Å². The number of carbonyl (C=O) groups is 2. The summed E-state index contributed by atoms with van der Waals surface area (Å²) in [6.45, 7) is 4.36. The monoisotopic (exact) mass is 400 g/mol. The van der Waals surface area contributed by atoms with Gasteiger partial charge in [0.2, 0.25) is 5.91 Å². The van der Waals surface area contributed by atoms with E-state index >= 15 is 0 Å². The minimum atomic E-state index is -0.590. The number of benzene rings is 1. The maximum absolute atomic E-state index is 12.6. The number of carbonyl (C=O) groups excluding carboxylic acids is 2. The van der Waals surface area contributed by atoms with Crippen LogP contribution in [-0.4, -0.2) is 29.5 Å². The van der Waals surface area contributed by atoms with Gasteiger partial charge in [-0.2, -0.15) is 0 Å². The van der Waals surface area contributed by atoms with Crippen LogP contribution in [0.4, 0.5) is 10.5 Å². The third-order valence-electron chi connectivity index (χ3n) is 4.80. The highest BCUT2D eigenvalue weighted by molar-refractivity contribution is 7.11. The molecule has 6 nitrogen and oxygen atoms in total. The maximum atomic E-state index is 12.6. The number of aryl methyl sites for hydroxylation is 2. The molecule has 150 valence electrons. The molecule has 3 N–H and O–H groups in total. The van der Waals surface area contributed by atoms with Gasteiger partial charge >= 0.3 is 6.03 Å². The van der Waals surface area contributed by atoms with Crippen LogP contribution >= 0.6 is 11.3 Å². The van der Waals surface area contributed by atoms with E-state index in [2.05, 4.69) is 16.0 Å². The van der Waals surface area contributed by atoms with Crippen molar-refractivity contribution in [3.63, 3.8) is 0 Å². The molecule has 1 heterocycles. The topological polar surface area (TPSA) is 83.1 Å². The van der Waals surface area contributed by atoms with E-state index in [4.69, 9.17) is 4.98 Å². The van der Waals surface area contributed by atoms with Gasteiger partial charge in [0.25, 0.3) is 0 Å². The van der Waals surface area contributed by atoms with Gasteiger partial charge in [-0.25, -0.2) is 9.78 Å². The summed E-state index contributed by atoms with van der Waals surface area (Å²) in [5, 5.41) is 9.57. The number of nitrogens with one attached hydrogen (secondary N) is 3. The van der Waals surface area contributed by atoms with Crippen molar-refractivity contribution in [1.82, 2.24) is 15.6 Å². The molecule has 3 rings (SSSR count). The molecule has 1 atom stereocenters. The highest BCUT2D eigenvalue weighted by Gasteiger charge is 2.24. The number of amides is 3. The number of hydrogen-bond acceptors (Lipinski definition) is 4. The second-order valence-electron chi connectivity index (χ2n) is 7.41. The lowest BCUT2D eigenvalue weighted by molar-refractivity contribution is -0.123. The molecule has 0 bridgehead atoms. The molecule has 1 aromatic carbocycles. The number of aromatic nitrogens is 1. The van der Waals surface area contributed by atoms with Crippen molar-refractivity contribution < 1.29 is 9.59 Å². The molecule has 1 aromatic heterocycles. The van der Waals surface area contributed by atoms with Gasteiger partial charge in [0.15, 0.2) is 0 Å². The lowest BCUT2D eigenvalue weighted by Crippen LogP contribution is -2.51. The highest BCUT2D eigenvalue weighted by Crippen LogP contribution is 2.26. The van der Waals surface area contributed by atoms with E-state index in [9.17, 15) is 9.59 Å². The lowest BCUT2D eigenvalue weighted by Gasteiger charge is -2.22. The summed E-state index contributed by atoms with van der Waals surface area (Å²) in [6.07, 6.45) is 5.41. The molecule has 1 aliphatic rings. The van der Waals surface area contributed by atoms with Gasteiger partial charge < -0.3 is 16.0 Å². The third kappa shape index (κ3) is 5.55. The van der Waals surface area contributed by atoms with Gasteiger partial charge in [0.1, 0.15) is 6.04 Å². The Morgan fingerprint density at radius 3 is 2.61 bits per heavy atom. The van der Waals surface area contributed by atoms with E-state index in [1.165, 1.54) is 23.4 Å². The van der Waals surface area contributed by atoms with E-state index in [1.807, 2.05) is 32.0 Å². The predicted octanol–water partition coefficient (Wildman–Crippen LogP) is 3.53. The van der Waals surface area contributed by atoms with Crippen molar-refractivity contribution >= 4 is 29.0 Å². The van der Waals surface area contributed by atoms with Crippen molar-refractivity contribution in [2.24, 2.45) is 5.92 Å². The van der Waals surface area contributed by atoms with Gasteiger partial charge in [-0.15, -0.1) is 11.3 Å². The Balaban J connectivity index is 1.48. The predicted molar refractivity (Wildman–Crippen MR) is 113 cm³/mol. The van der Waals surface area contributed by atoms with Crippen LogP contribution in [0.15, 0.2) is 30.3 Å². The van der Waals surface area contributed by atoms with E-state index in [0.717, 1.165) is 24.3 Å². The van der Waals surface area contributed by atoms with E-state index in [-0.39, 0.29) is 17.9 Å². The number of rotatable bonds is 7. The number of anilines is 1. The molecule has 0 fully saturated rings. The maximum Gasteiger partial charge on any atom is 0.319 e. The Bertz CT molecular complexity index is 780. The fourth-order valence-electron chi connectivity index (χ4n) is 3.28. The van der Waals surface area contributed by atoms with Gasteiger partial charge in [0.05, 0.1) is 10.7 Å². The first-order valence-corrected chi connectivity index (χ1v) is 10.7. The van der Waals surface area contributed by atoms with Crippen LogP contribution in [0.2, 0.25) is 0 Å². The Kier molecular flexibility index (Phi) is 7.03. The Labute approximate surface area is 170 Å². The molecule has 2 aromatic rings.